The van der Waals surface area contributed by atoms with Crippen LogP contribution in [0.4, 0.5) is 39.5 Å². The van der Waals surface area contributed by atoms with Crippen LogP contribution in [0.2, 0.25) is 0 Å². The van der Waals surface area contributed by atoms with E-state index >= 15 is 0 Å². The highest BCUT2D eigenvalue weighted by Gasteiger charge is 2.54. The first-order valence-corrected chi connectivity index (χ1v) is 3.81. The minimum Gasteiger partial charge on any atom is -0.475 e. The Hall–Kier alpha value is -1.24. The summed E-state index contributed by atoms with van der Waals surface area (Å²) in [4.78, 5) is 8.90. The predicted octanol–water partition coefficient (Wildman–Crippen LogP) is 1.47. The molecule has 116 valence electrons. The number of carbonyl (C=O) groups is 1. The van der Waals surface area contributed by atoms with Gasteiger partial charge in [-0.2, -0.15) is 39.5 Å². The molecular formula is C6H5F9O4. The molecule has 0 saturated carbocycles. The lowest BCUT2D eigenvalue weighted by atomic mass is 10.2. The van der Waals surface area contributed by atoms with Gasteiger partial charge in [-0.1, -0.05) is 0 Å². The molecule has 0 fully saturated rings. The van der Waals surface area contributed by atoms with Gasteiger partial charge >= 0.3 is 24.5 Å². The number of aliphatic hydroxyl groups is 2. The Labute approximate surface area is 97.6 Å². The average molecular weight is 312 g/mol. The summed E-state index contributed by atoms with van der Waals surface area (Å²) in [5.41, 5.74) is 0. The van der Waals surface area contributed by atoms with Gasteiger partial charge in [-0.05, 0) is 0 Å². The van der Waals surface area contributed by atoms with Crippen molar-refractivity contribution in [2.45, 2.75) is 30.7 Å². The highest BCUT2D eigenvalue weighted by atomic mass is 19.4. The van der Waals surface area contributed by atoms with Crippen LogP contribution >= 0.6 is 0 Å². The highest BCUT2D eigenvalue weighted by molar-refractivity contribution is 5.73. The third kappa shape index (κ3) is 8.47. The SMILES string of the molecule is O=C(O)C(F)(F)F.OC(C(O)C(F)(F)F)C(F)(F)F. The van der Waals surface area contributed by atoms with Gasteiger partial charge in [-0.25, -0.2) is 4.79 Å². The first kappa shape index (κ1) is 20.1. The van der Waals surface area contributed by atoms with Gasteiger partial charge in [0.2, 0.25) is 0 Å². The lowest BCUT2D eigenvalue weighted by Gasteiger charge is -2.21. The fourth-order valence-corrected chi connectivity index (χ4v) is 0.358. The first-order chi connectivity index (χ1) is 8.01. The van der Waals surface area contributed by atoms with Crippen LogP contribution in [-0.2, 0) is 4.79 Å². The molecule has 0 aliphatic rings. The van der Waals surface area contributed by atoms with E-state index in [0.29, 0.717) is 0 Å². The van der Waals surface area contributed by atoms with Crippen LogP contribution in [0, 0.1) is 0 Å². The lowest BCUT2D eigenvalue weighted by molar-refractivity contribution is -0.293. The Kier molecular flexibility index (Phi) is 6.63. The Morgan fingerprint density at radius 2 is 0.895 bits per heavy atom. The maximum atomic E-state index is 11.3. The van der Waals surface area contributed by atoms with E-state index in [2.05, 4.69) is 0 Å². The summed E-state index contributed by atoms with van der Waals surface area (Å²) in [5.74, 6) is -2.76. The standard InChI is InChI=1S/C4H4F6O2.C2HF3O2/c5-3(6,7)1(11)2(12)4(8,9)10;3-2(4,5)1(6)7/h1-2,11-12H;(H,6,7). The minimum absolute atomic E-state index is 2.76. The zero-order chi connectivity index (χ0) is 16.2. The molecule has 4 nitrogen and oxygen atoms in total. The maximum Gasteiger partial charge on any atom is 0.490 e. The van der Waals surface area contributed by atoms with Gasteiger partial charge in [-0.15, -0.1) is 0 Å². The van der Waals surface area contributed by atoms with E-state index in [1.807, 2.05) is 0 Å². The zero-order valence-corrected chi connectivity index (χ0v) is 8.31. The van der Waals surface area contributed by atoms with Crippen molar-refractivity contribution in [2.24, 2.45) is 0 Å². The molecule has 0 radical (unpaired) electrons. The van der Waals surface area contributed by atoms with Crippen LogP contribution in [0.25, 0.3) is 0 Å². The summed E-state index contributed by atoms with van der Waals surface area (Å²) in [7, 11) is 0. The fraction of sp³-hybridized carbons (Fsp3) is 0.833. The third-order valence-electron chi connectivity index (χ3n) is 1.21. The Balaban J connectivity index is 0. The smallest absolute Gasteiger partial charge is 0.475 e. The number of alkyl halides is 9. The molecule has 0 amide bonds. The number of halogens is 9. The molecule has 3 N–H and O–H groups in total. The second kappa shape index (κ2) is 6.27. The molecule has 19 heavy (non-hydrogen) atoms. The van der Waals surface area contributed by atoms with Crippen LogP contribution in [0.1, 0.15) is 0 Å². The summed E-state index contributed by atoms with van der Waals surface area (Å²) >= 11 is 0. The van der Waals surface area contributed by atoms with Crippen LogP contribution in [-0.4, -0.2) is 52.0 Å². The molecule has 2 atom stereocenters. The number of aliphatic carboxylic acids is 1. The lowest BCUT2D eigenvalue weighted by Crippen LogP contribution is -2.47. The molecule has 0 aromatic rings. The minimum atomic E-state index is -5.48. The number of hydrogen-bond acceptors (Lipinski definition) is 3. The Morgan fingerprint density at radius 3 is 0.947 bits per heavy atom. The predicted molar refractivity (Wildman–Crippen MR) is 37.8 cm³/mol. The quantitative estimate of drug-likeness (QED) is 0.641. The number of rotatable bonds is 1. The summed E-state index contributed by atoms with van der Waals surface area (Å²) in [6, 6.07) is 0. The first-order valence-electron chi connectivity index (χ1n) is 3.81. The topological polar surface area (TPSA) is 77.8 Å². The average Bonchev–Trinajstić information content (AvgIpc) is 2.11. The van der Waals surface area contributed by atoms with Crippen LogP contribution in [0.3, 0.4) is 0 Å². The highest BCUT2D eigenvalue weighted by Crippen LogP contribution is 2.30. The van der Waals surface area contributed by atoms with E-state index in [9.17, 15) is 39.5 Å². The summed E-state index contributed by atoms with van der Waals surface area (Å²) in [5, 5.41) is 22.9. The van der Waals surface area contributed by atoms with E-state index in [0.717, 1.165) is 0 Å². The van der Waals surface area contributed by atoms with Gasteiger partial charge < -0.3 is 15.3 Å². The molecule has 0 aliphatic heterocycles. The maximum absolute atomic E-state index is 11.3. The molecule has 0 aromatic heterocycles. The van der Waals surface area contributed by atoms with E-state index in [4.69, 9.17) is 20.1 Å². The van der Waals surface area contributed by atoms with Gasteiger partial charge in [0.05, 0.1) is 0 Å². The van der Waals surface area contributed by atoms with Crippen molar-refractivity contribution in [3.8, 4) is 0 Å². The van der Waals surface area contributed by atoms with E-state index in [1.165, 1.54) is 0 Å². The molecular weight excluding hydrogens is 307 g/mol. The summed E-state index contributed by atoms with van der Waals surface area (Å²) in [6.07, 6.45) is -23.6. The van der Waals surface area contributed by atoms with Gasteiger partial charge in [0.1, 0.15) is 0 Å². The van der Waals surface area contributed by atoms with Crippen LogP contribution in [0.5, 0.6) is 0 Å². The largest absolute Gasteiger partial charge is 0.490 e. The van der Waals surface area contributed by atoms with Crippen molar-refractivity contribution in [1.29, 1.82) is 0 Å². The van der Waals surface area contributed by atoms with Gasteiger partial charge in [0.25, 0.3) is 0 Å². The summed E-state index contributed by atoms with van der Waals surface area (Å²) in [6.45, 7) is 0. The number of hydrogen-bond donors (Lipinski definition) is 3. The Bertz CT molecular complexity index is 273. The molecule has 0 aromatic carbocycles. The van der Waals surface area contributed by atoms with Gasteiger partial charge in [0.15, 0.2) is 12.2 Å². The van der Waals surface area contributed by atoms with E-state index in [1.54, 1.807) is 0 Å². The second-order valence-corrected chi connectivity index (χ2v) is 2.78. The van der Waals surface area contributed by atoms with E-state index in [-0.39, 0.29) is 0 Å². The second-order valence-electron chi connectivity index (χ2n) is 2.78. The molecule has 0 saturated heterocycles. The van der Waals surface area contributed by atoms with Crippen molar-refractivity contribution in [3.05, 3.63) is 0 Å². The molecule has 0 spiro atoms. The molecule has 0 bridgehead atoms. The van der Waals surface area contributed by atoms with Gasteiger partial charge in [0, 0.05) is 0 Å². The zero-order valence-electron chi connectivity index (χ0n) is 8.31. The monoisotopic (exact) mass is 312 g/mol. The van der Waals surface area contributed by atoms with Crippen molar-refractivity contribution in [2.75, 3.05) is 0 Å². The molecule has 0 rings (SSSR count). The van der Waals surface area contributed by atoms with Crippen molar-refractivity contribution in [3.63, 3.8) is 0 Å². The number of carboxylic acids is 1. The number of carboxylic acid groups (broad SMARTS) is 1. The van der Waals surface area contributed by atoms with Crippen molar-refractivity contribution in [1.82, 2.24) is 0 Å². The molecule has 2 unspecified atom stereocenters. The fourth-order valence-electron chi connectivity index (χ4n) is 0.358. The third-order valence-corrected chi connectivity index (χ3v) is 1.21. The Morgan fingerprint density at radius 1 is 0.737 bits per heavy atom. The molecule has 0 aliphatic carbocycles. The van der Waals surface area contributed by atoms with Crippen molar-refractivity contribution < 1.29 is 59.6 Å². The van der Waals surface area contributed by atoms with Crippen molar-refractivity contribution >= 4 is 5.97 Å². The van der Waals surface area contributed by atoms with Gasteiger partial charge in [-0.3, -0.25) is 0 Å². The molecule has 0 heterocycles. The number of aliphatic hydroxyl groups excluding tert-OH is 2. The molecule has 13 heteroatoms. The van der Waals surface area contributed by atoms with Crippen LogP contribution in [0.15, 0.2) is 0 Å². The summed E-state index contributed by atoms with van der Waals surface area (Å²) < 4.78 is 99.7. The normalized spacial score (nSPS) is 16.2. The van der Waals surface area contributed by atoms with E-state index < -0.39 is 36.7 Å². The van der Waals surface area contributed by atoms with Crippen LogP contribution < -0.4 is 0 Å².